The number of rotatable bonds is 4. The Morgan fingerprint density at radius 1 is 0.971 bits per heavy atom. The number of alkyl halides is 3. The van der Waals surface area contributed by atoms with Gasteiger partial charge in [0.15, 0.2) is 6.19 Å². The van der Waals surface area contributed by atoms with Gasteiger partial charge in [-0.05, 0) is 66.2 Å². The van der Waals surface area contributed by atoms with Gasteiger partial charge in [0.1, 0.15) is 11.5 Å². The van der Waals surface area contributed by atoms with Crippen LogP contribution in [0.2, 0.25) is 5.02 Å². The fraction of sp³-hybridized carbons (Fsp3) is 0.125. The molecule has 4 rings (SSSR count). The number of benzene rings is 3. The van der Waals surface area contributed by atoms with Crippen molar-refractivity contribution in [2.24, 2.45) is 4.99 Å². The van der Waals surface area contributed by atoms with Crippen molar-refractivity contribution in [1.29, 1.82) is 10.5 Å². The molecule has 0 spiro atoms. The number of ether oxygens (including phenoxy) is 1. The maximum Gasteiger partial charge on any atom is 0.416 e. The Bertz CT molecular complexity index is 1290. The number of guanidine groups is 1. The first kappa shape index (κ1) is 23.0. The van der Waals surface area contributed by atoms with Gasteiger partial charge in [0.25, 0.3) is 0 Å². The number of aliphatic imine (C=N–C) groups is 1. The van der Waals surface area contributed by atoms with Crippen LogP contribution in [0.4, 0.5) is 18.9 Å². The second-order valence-electron chi connectivity index (χ2n) is 7.28. The van der Waals surface area contributed by atoms with Crippen molar-refractivity contribution < 1.29 is 17.9 Å². The number of anilines is 1. The highest BCUT2D eigenvalue weighted by molar-refractivity contribution is 6.30. The molecule has 6 nitrogen and oxygen atoms in total. The topological polar surface area (TPSA) is 75.7 Å². The molecule has 0 unspecified atom stereocenters. The zero-order valence-electron chi connectivity index (χ0n) is 17.4. The van der Waals surface area contributed by atoms with E-state index in [1.54, 1.807) is 65.7 Å². The number of nitriles is 2. The molecule has 3 aromatic rings. The highest BCUT2D eigenvalue weighted by Crippen LogP contribution is 2.38. The van der Waals surface area contributed by atoms with Crippen LogP contribution in [0.15, 0.2) is 77.8 Å². The summed E-state index contributed by atoms with van der Waals surface area (Å²) in [4.78, 5) is 6.50. The van der Waals surface area contributed by atoms with Gasteiger partial charge in [-0.25, -0.2) is 4.90 Å². The predicted molar refractivity (Wildman–Crippen MR) is 120 cm³/mol. The third kappa shape index (κ3) is 4.75. The molecule has 0 bridgehead atoms. The molecule has 1 atom stereocenters. The Morgan fingerprint density at radius 2 is 1.62 bits per heavy atom. The lowest BCUT2D eigenvalue weighted by Crippen LogP contribution is -2.32. The zero-order chi connectivity index (χ0) is 24.3. The summed E-state index contributed by atoms with van der Waals surface area (Å²) in [7, 11) is 0. The van der Waals surface area contributed by atoms with Gasteiger partial charge in [0.2, 0.25) is 12.2 Å². The summed E-state index contributed by atoms with van der Waals surface area (Å²) in [6.45, 7) is 0.0291. The molecule has 1 aliphatic rings. The third-order valence-electron chi connectivity index (χ3n) is 5.16. The lowest BCUT2D eigenvalue weighted by molar-refractivity contribution is -0.137. The van der Waals surface area contributed by atoms with E-state index in [0.717, 1.165) is 12.1 Å². The SMILES string of the molecule is N#CN=C1N(C#N)C[C@H](c2cccc(C(F)(F)F)c2)N1c1ccc(Oc2ccc(Cl)cc2)cc1. The van der Waals surface area contributed by atoms with Crippen LogP contribution < -0.4 is 9.64 Å². The Labute approximate surface area is 198 Å². The van der Waals surface area contributed by atoms with E-state index in [1.807, 2.05) is 6.19 Å². The van der Waals surface area contributed by atoms with Crippen LogP contribution in [0.3, 0.4) is 0 Å². The summed E-state index contributed by atoms with van der Waals surface area (Å²) in [5, 5.41) is 19.3. The fourth-order valence-corrected chi connectivity index (χ4v) is 3.76. The van der Waals surface area contributed by atoms with Gasteiger partial charge in [-0.1, -0.05) is 23.7 Å². The zero-order valence-corrected chi connectivity index (χ0v) is 18.1. The van der Waals surface area contributed by atoms with Crippen molar-refractivity contribution in [2.75, 3.05) is 11.4 Å². The first-order valence-electron chi connectivity index (χ1n) is 9.94. The molecule has 1 saturated heterocycles. The van der Waals surface area contributed by atoms with Crippen molar-refractivity contribution in [3.05, 3.63) is 88.9 Å². The van der Waals surface area contributed by atoms with Crippen molar-refractivity contribution >= 4 is 23.2 Å². The molecule has 10 heteroatoms. The lowest BCUT2D eigenvalue weighted by Gasteiger charge is -2.26. The average Bonchev–Trinajstić information content (AvgIpc) is 3.19. The summed E-state index contributed by atoms with van der Waals surface area (Å²) in [5.41, 5.74) is 0.0585. The minimum Gasteiger partial charge on any atom is -0.457 e. The van der Waals surface area contributed by atoms with Crippen molar-refractivity contribution in [2.45, 2.75) is 12.2 Å². The molecule has 1 fully saturated rings. The van der Waals surface area contributed by atoms with Crippen molar-refractivity contribution in [3.63, 3.8) is 0 Å². The monoisotopic (exact) mass is 481 g/mol. The second kappa shape index (κ2) is 9.34. The largest absolute Gasteiger partial charge is 0.457 e. The van der Waals surface area contributed by atoms with E-state index < -0.39 is 17.8 Å². The predicted octanol–water partition coefficient (Wildman–Crippen LogP) is 6.33. The summed E-state index contributed by atoms with van der Waals surface area (Å²) < 4.78 is 45.7. The Kier molecular flexibility index (Phi) is 6.31. The van der Waals surface area contributed by atoms with Crippen molar-refractivity contribution in [1.82, 2.24) is 4.90 Å². The number of hydrogen-bond acceptors (Lipinski definition) is 4. The molecule has 0 N–H and O–H groups in total. The second-order valence-corrected chi connectivity index (χ2v) is 7.72. The van der Waals surface area contributed by atoms with E-state index in [9.17, 15) is 18.4 Å². The van der Waals surface area contributed by atoms with E-state index in [4.69, 9.17) is 21.6 Å². The minimum absolute atomic E-state index is 0.0266. The summed E-state index contributed by atoms with van der Waals surface area (Å²) in [6, 6.07) is 17.7. The van der Waals surface area contributed by atoms with Gasteiger partial charge in [-0.15, -0.1) is 4.99 Å². The highest BCUT2D eigenvalue weighted by Gasteiger charge is 2.39. The van der Waals surface area contributed by atoms with Gasteiger partial charge in [0, 0.05) is 10.7 Å². The van der Waals surface area contributed by atoms with E-state index in [0.29, 0.717) is 27.8 Å². The van der Waals surface area contributed by atoms with E-state index in [-0.39, 0.29) is 12.5 Å². The average molecular weight is 482 g/mol. The molecule has 0 radical (unpaired) electrons. The molecule has 3 aromatic carbocycles. The molecule has 0 saturated carbocycles. The van der Waals surface area contributed by atoms with Crippen molar-refractivity contribution in [3.8, 4) is 23.9 Å². The molecule has 0 amide bonds. The molecule has 0 aliphatic carbocycles. The lowest BCUT2D eigenvalue weighted by atomic mass is 10.0. The van der Waals surface area contributed by atoms with Crippen LogP contribution in [0.5, 0.6) is 11.5 Å². The van der Waals surface area contributed by atoms with Gasteiger partial charge < -0.3 is 9.64 Å². The molecule has 170 valence electrons. The van der Waals surface area contributed by atoms with Gasteiger partial charge >= 0.3 is 6.18 Å². The summed E-state index contributed by atoms with van der Waals surface area (Å²) in [5.74, 6) is 1.11. The Hall–Kier alpha value is -4.21. The van der Waals surface area contributed by atoms with Crippen LogP contribution in [0, 0.1) is 22.9 Å². The van der Waals surface area contributed by atoms with E-state index >= 15 is 0 Å². The Morgan fingerprint density at radius 3 is 2.21 bits per heavy atom. The number of nitrogens with zero attached hydrogens (tertiary/aromatic N) is 5. The van der Waals surface area contributed by atoms with Crippen LogP contribution >= 0.6 is 11.6 Å². The standard InChI is InChI=1S/C24H15ClF3N5O/c25-18-4-8-20(9-5-18)34-21-10-6-19(7-11-21)33-22(13-32(15-30)23(33)31-14-29)16-2-1-3-17(12-16)24(26,27)28/h1-12,22H,13H2/t22-/m1/s1. The van der Waals surface area contributed by atoms with Crippen LogP contribution in [-0.4, -0.2) is 17.4 Å². The molecule has 34 heavy (non-hydrogen) atoms. The summed E-state index contributed by atoms with van der Waals surface area (Å²) >= 11 is 5.89. The minimum atomic E-state index is -4.52. The fourth-order valence-electron chi connectivity index (χ4n) is 3.64. The van der Waals surface area contributed by atoms with Crippen LogP contribution in [0.25, 0.3) is 0 Å². The Balaban J connectivity index is 1.70. The van der Waals surface area contributed by atoms with Gasteiger partial charge in [-0.2, -0.15) is 23.7 Å². The van der Waals surface area contributed by atoms with E-state index in [2.05, 4.69) is 4.99 Å². The molecular formula is C24H15ClF3N5O. The number of halogens is 4. The smallest absolute Gasteiger partial charge is 0.416 e. The highest BCUT2D eigenvalue weighted by atomic mass is 35.5. The quantitative estimate of drug-likeness (QED) is 0.407. The van der Waals surface area contributed by atoms with Gasteiger partial charge in [-0.3, -0.25) is 0 Å². The maximum atomic E-state index is 13.3. The number of hydrogen-bond donors (Lipinski definition) is 0. The first-order valence-corrected chi connectivity index (χ1v) is 10.3. The third-order valence-corrected chi connectivity index (χ3v) is 5.41. The first-order chi connectivity index (χ1) is 16.3. The van der Waals surface area contributed by atoms with Gasteiger partial charge in [0.05, 0.1) is 18.2 Å². The molecule has 1 heterocycles. The normalized spacial score (nSPS) is 16.9. The maximum absolute atomic E-state index is 13.3. The van der Waals surface area contributed by atoms with Crippen LogP contribution in [-0.2, 0) is 6.18 Å². The molecule has 1 aliphatic heterocycles. The van der Waals surface area contributed by atoms with E-state index in [1.165, 1.54) is 11.0 Å². The molecule has 0 aromatic heterocycles. The van der Waals surface area contributed by atoms with Crippen LogP contribution in [0.1, 0.15) is 17.2 Å². The summed E-state index contributed by atoms with van der Waals surface area (Å²) in [6.07, 6.45) is -0.904. The molecular weight excluding hydrogens is 467 g/mol.